The summed E-state index contributed by atoms with van der Waals surface area (Å²) >= 11 is 0. The number of quaternary nitrogens is 1. The predicted molar refractivity (Wildman–Crippen MR) is 117 cm³/mol. The van der Waals surface area contributed by atoms with E-state index in [0.29, 0.717) is 0 Å². The summed E-state index contributed by atoms with van der Waals surface area (Å²) in [5, 5.41) is 0. The van der Waals surface area contributed by atoms with Crippen LogP contribution in [0.25, 0.3) is 0 Å². The van der Waals surface area contributed by atoms with Crippen LogP contribution in [0.2, 0.25) is 0 Å². The first-order valence-corrected chi connectivity index (χ1v) is 11.8. The molecule has 28 heavy (non-hydrogen) atoms. The second-order valence-corrected chi connectivity index (χ2v) is 8.66. The monoisotopic (exact) mass is 409 g/mol. The first-order valence-electron chi connectivity index (χ1n) is 11.8. The number of rotatable bonds is 15. The zero-order valence-corrected chi connectivity index (χ0v) is 19.1. The lowest BCUT2D eigenvalue weighted by atomic mass is 10.0. The Hall–Kier alpha value is -0.570. The third-order valence-electron chi connectivity index (χ3n) is 6.27. The van der Waals surface area contributed by atoms with Gasteiger partial charge >= 0.3 is 0 Å². The maximum atomic E-state index is 5.66. The van der Waals surface area contributed by atoms with E-state index in [9.17, 15) is 0 Å². The van der Waals surface area contributed by atoms with E-state index in [1.165, 1.54) is 113 Å². The first kappa shape index (κ1) is 25.5. The van der Waals surface area contributed by atoms with Crippen LogP contribution in [-0.4, -0.2) is 37.3 Å². The van der Waals surface area contributed by atoms with E-state index in [1.54, 1.807) is 0 Å². The van der Waals surface area contributed by atoms with E-state index in [1.807, 2.05) is 0 Å². The highest BCUT2D eigenvalue weighted by Gasteiger charge is 2.29. The SMILES string of the molecule is CCCCCCCCCCCCCC[N+]1(Cc2ccccc2)CCOCC1.[Cl-]. The molecule has 0 atom stereocenters. The summed E-state index contributed by atoms with van der Waals surface area (Å²) in [5.74, 6) is 0. The number of halogens is 1. The summed E-state index contributed by atoms with van der Waals surface area (Å²) in [4.78, 5) is 0. The molecule has 1 saturated heterocycles. The maximum absolute atomic E-state index is 5.66. The minimum atomic E-state index is 0. The lowest BCUT2D eigenvalue weighted by Gasteiger charge is -2.41. The Morgan fingerprint density at radius 2 is 1.21 bits per heavy atom. The first-order chi connectivity index (χ1) is 13.3. The number of nitrogens with zero attached hydrogens (tertiary/aromatic N) is 1. The average Bonchev–Trinajstić information content (AvgIpc) is 2.70. The Bertz CT molecular complexity index is 459. The van der Waals surface area contributed by atoms with E-state index < -0.39 is 0 Å². The van der Waals surface area contributed by atoms with E-state index in [2.05, 4.69) is 37.3 Å². The van der Waals surface area contributed by atoms with Crippen molar-refractivity contribution in [2.24, 2.45) is 0 Å². The van der Waals surface area contributed by atoms with Gasteiger partial charge in [0.05, 0.1) is 19.8 Å². The molecule has 0 aromatic heterocycles. The van der Waals surface area contributed by atoms with Crippen molar-refractivity contribution < 1.29 is 21.6 Å². The highest BCUT2D eigenvalue weighted by molar-refractivity contribution is 5.13. The minimum absolute atomic E-state index is 0. The van der Waals surface area contributed by atoms with Crippen LogP contribution in [0.3, 0.4) is 0 Å². The van der Waals surface area contributed by atoms with E-state index in [4.69, 9.17) is 4.74 Å². The molecule has 0 spiro atoms. The van der Waals surface area contributed by atoms with Crippen molar-refractivity contribution in [3.63, 3.8) is 0 Å². The van der Waals surface area contributed by atoms with Crippen LogP contribution < -0.4 is 12.4 Å². The summed E-state index contributed by atoms with van der Waals surface area (Å²) in [6.07, 6.45) is 17.2. The normalized spacial score (nSPS) is 15.9. The van der Waals surface area contributed by atoms with E-state index in [-0.39, 0.29) is 12.4 Å². The van der Waals surface area contributed by atoms with Gasteiger partial charge in [-0.2, -0.15) is 0 Å². The molecule has 1 heterocycles. The van der Waals surface area contributed by atoms with Crippen LogP contribution in [0.4, 0.5) is 0 Å². The summed E-state index contributed by atoms with van der Waals surface area (Å²) in [6, 6.07) is 11.1. The number of morpholine rings is 1. The second-order valence-electron chi connectivity index (χ2n) is 8.66. The molecule has 0 bridgehead atoms. The molecule has 1 aromatic carbocycles. The Labute approximate surface area is 181 Å². The van der Waals surface area contributed by atoms with Crippen LogP contribution in [0, 0.1) is 0 Å². The minimum Gasteiger partial charge on any atom is -1.00 e. The highest BCUT2D eigenvalue weighted by atomic mass is 35.5. The Morgan fingerprint density at radius 1 is 0.714 bits per heavy atom. The fourth-order valence-corrected chi connectivity index (χ4v) is 4.45. The van der Waals surface area contributed by atoms with Crippen LogP contribution >= 0.6 is 0 Å². The second kappa shape index (κ2) is 16.3. The molecule has 162 valence electrons. The lowest BCUT2D eigenvalue weighted by molar-refractivity contribution is -0.947. The zero-order chi connectivity index (χ0) is 19.0. The predicted octanol–water partition coefficient (Wildman–Crippen LogP) is 3.74. The zero-order valence-electron chi connectivity index (χ0n) is 18.3. The van der Waals surface area contributed by atoms with Crippen LogP contribution in [0.15, 0.2) is 30.3 Å². The van der Waals surface area contributed by atoms with Gasteiger partial charge in [-0.1, -0.05) is 101 Å². The number of benzene rings is 1. The molecule has 2 nitrogen and oxygen atoms in total. The molecule has 2 rings (SSSR count). The molecule has 0 saturated carbocycles. The highest BCUT2D eigenvalue weighted by Crippen LogP contribution is 2.20. The summed E-state index contributed by atoms with van der Waals surface area (Å²) < 4.78 is 6.90. The number of hydrogen-bond donors (Lipinski definition) is 0. The summed E-state index contributed by atoms with van der Waals surface area (Å²) in [5.41, 5.74) is 1.48. The molecular formula is C25H44ClNO. The molecule has 0 unspecified atom stereocenters. The van der Waals surface area contributed by atoms with Gasteiger partial charge in [0.1, 0.15) is 19.6 Å². The third kappa shape index (κ3) is 10.8. The van der Waals surface area contributed by atoms with Crippen LogP contribution in [-0.2, 0) is 11.3 Å². The lowest BCUT2D eigenvalue weighted by Crippen LogP contribution is -3.00. The van der Waals surface area contributed by atoms with Crippen LogP contribution in [0.1, 0.15) is 89.5 Å². The van der Waals surface area contributed by atoms with Gasteiger partial charge < -0.3 is 21.6 Å². The van der Waals surface area contributed by atoms with Gasteiger partial charge in [-0.25, -0.2) is 0 Å². The topological polar surface area (TPSA) is 9.23 Å². The molecule has 0 radical (unpaired) electrons. The van der Waals surface area contributed by atoms with Crippen LogP contribution in [0.5, 0.6) is 0 Å². The Balaban J connectivity index is 0.00000392. The van der Waals surface area contributed by atoms with E-state index in [0.717, 1.165) is 13.2 Å². The quantitative estimate of drug-likeness (QED) is 0.316. The van der Waals surface area contributed by atoms with Crippen molar-refractivity contribution in [2.45, 2.75) is 90.5 Å². The van der Waals surface area contributed by atoms with Gasteiger partial charge in [-0.05, 0) is 12.8 Å². The third-order valence-corrected chi connectivity index (χ3v) is 6.27. The molecular weight excluding hydrogens is 366 g/mol. The molecule has 3 heteroatoms. The number of unbranched alkanes of at least 4 members (excludes halogenated alkanes) is 11. The smallest absolute Gasteiger partial charge is 0.104 e. The molecule has 0 aliphatic carbocycles. The Kier molecular flexibility index (Phi) is 14.8. The molecule has 1 fully saturated rings. The molecule has 0 N–H and O–H groups in total. The fraction of sp³-hybridized carbons (Fsp3) is 0.760. The van der Waals surface area contributed by atoms with Gasteiger partial charge in [0.2, 0.25) is 0 Å². The van der Waals surface area contributed by atoms with Gasteiger partial charge in [0, 0.05) is 5.56 Å². The maximum Gasteiger partial charge on any atom is 0.104 e. The Morgan fingerprint density at radius 3 is 1.75 bits per heavy atom. The summed E-state index contributed by atoms with van der Waals surface area (Å²) in [6.45, 7) is 9.05. The van der Waals surface area contributed by atoms with Crippen molar-refractivity contribution in [1.82, 2.24) is 0 Å². The van der Waals surface area contributed by atoms with E-state index >= 15 is 0 Å². The van der Waals surface area contributed by atoms with Crippen molar-refractivity contribution in [2.75, 3.05) is 32.8 Å². The largest absolute Gasteiger partial charge is 1.00 e. The molecule has 1 aliphatic heterocycles. The number of ether oxygens (including phenoxy) is 1. The average molecular weight is 410 g/mol. The van der Waals surface area contributed by atoms with Crippen molar-refractivity contribution in [3.8, 4) is 0 Å². The van der Waals surface area contributed by atoms with Gasteiger partial charge in [0.25, 0.3) is 0 Å². The van der Waals surface area contributed by atoms with Gasteiger partial charge in [-0.3, -0.25) is 0 Å². The van der Waals surface area contributed by atoms with Crippen molar-refractivity contribution in [1.29, 1.82) is 0 Å². The van der Waals surface area contributed by atoms with Gasteiger partial charge in [-0.15, -0.1) is 0 Å². The summed E-state index contributed by atoms with van der Waals surface area (Å²) in [7, 11) is 0. The number of hydrogen-bond acceptors (Lipinski definition) is 1. The molecule has 1 aromatic rings. The van der Waals surface area contributed by atoms with Gasteiger partial charge in [0.15, 0.2) is 0 Å². The molecule has 0 amide bonds. The van der Waals surface area contributed by atoms with Crippen molar-refractivity contribution in [3.05, 3.63) is 35.9 Å². The molecule has 1 aliphatic rings. The fourth-order valence-electron chi connectivity index (χ4n) is 4.45. The standard InChI is InChI=1S/C25H44NO.ClH/c1-2-3-4-5-6-7-8-9-10-11-12-16-19-26(20-22-27-23-21-26)24-25-17-14-13-15-18-25;/h13-15,17-18H,2-12,16,19-24H2,1H3;1H/q+1;/p-1. The van der Waals surface area contributed by atoms with Crippen molar-refractivity contribution >= 4 is 0 Å².